The number of carbonyl (C=O) groups excluding carboxylic acids is 1. The molecule has 1 unspecified atom stereocenters. The number of ether oxygens (including phenoxy) is 1. The Kier molecular flexibility index (Phi) is 4.94. The molecule has 0 saturated heterocycles. The number of aromatic nitrogens is 3. The van der Waals surface area contributed by atoms with E-state index in [-0.39, 0.29) is 11.0 Å². The van der Waals surface area contributed by atoms with Gasteiger partial charge in [0.2, 0.25) is 5.76 Å². The predicted molar refractivity (Wildman–Crippen MR) is 95.5 cm³/mol. The van der Waals surface area contributed by atoms with E-state index in [9.17, 15) is 4.79 Å². The lowest BCUT2D eigenvalue weighted by atomic mass is 10.1. The van der Waals surface area contributed by atoms with Gasteiger partial charge in [0.1, 0.15) is 5.76 Å². The second kappa shape index (κ2) is 7.14. The average molecular weight is 357 g/mol. The Bertz CT molecular complexity index is 901. The number of rotatable bonds is 5. The summed E-state index contributed by atoms with van der Waals surface area (Å²) in [6, 6.07) is 11.6. The van der Waals surface area contributed by atoms with Crippen molar-refractivity contribution in [3.8, 4) is 11.4 Å². The standard InChI is InChI=1S/C18H19N3O3S/c1-11-6-5-7-13(10-11)16-19-20-18(21(16)3)25-12(2)14-8-9-15(24-14)17(22)23-4/h5-10,12H,1-4H3. The van der Waals surface area contributed by atoms with E-state index in [1.807, 2.05) is 43.7 Å². The quantitative estimate of drug-likeness (QED) is 0.507. The fraction of sp³-hybridized carbons (Fsp3) is 0.278. The minimum absolute atomic E-state index is 0.0216. The number of thioether (sulfide) groups is 1. The molecule has 0 amide bonds. The van der Waals surface area contributed by atoms with Crippen molar-refractivity contribution < 1.29 is 13.9 Å². The highest BCUT2D eigenvalue weighted by atomic mass is 32.2. The first-order valence-electron chi connectivity index (χ1n) is 7.80. The van der Waals surface area contributed by atoms with Crippen molar-refractivity contribution in [3.05, 3.63) is 53.5 Å². The number of methoxy groups -OCH3 is 1. The maximum atomic E-state index is 11.5. The van der Waals surface area contributed by atoms with Crippen LogP contribution in [0.3, 0.4) is 0 Å². The smallest absolute Gasteiger partial charge is 0.373 e. The number of carbonyl (C=O) groups is 1. The highest BCUT2D eigenvalue weighted by molar-refractivity contribution is 7.99. The average Bonchev–Trinajstić information content (AvgIpc) is 3.22. The van der Waals surface area contributed by atoms with Crippen LogP contribution in [-0.2, 0) is 11.8 Å². The molecule has 1 atom stereocenters. The van der Waals surface area contributed by atoms with Gasteiger partial charge in [0, 0.05) is 12.6 Å². The van der Waals surface area contributed by atoms with E-state index in [2.05, 4.69) is 21.0 Å². The zero-order valence-electron chi connectivity index (χ0n) is 14.5. The molecule has 0 aliphatic heterocycles. The molecular formula is C18H19N3O3S. The van der Waals surface area contributed by atoms with Crippen molar-refractivity contribution in [2.24, 2.45) is 7.05 Å². The van der Waals surface area contributed by atoms with Gasteiger partial charge in [-0.3, -0.25) is 0 Å². The molecule has 7 heteroatoms. The van der Waals surface area contributed by atoms with Gasteiger partial charge in [-0.2, -0.15) is 0 Å². The molecule has 0 aliphatic rings. The van der Waals surface area contributed by atoms with Crippen molar-refractivity contribution in [2.75, 3.05) is 7.11 Å². The van der Waals surface area contributed by atoms with Gasteiger partial charge in [0.05, 0.1) is 12.4 Å². The van der Waals surface area contributed by atoms with Gasteiger partial charge in [0.15, 0.2) is 11.0 Å². The van der Waals surface area contributed by atoms with Crippen molar-refractivity contribution in [1.29, 1.82) is 0 Å². The maximum absolute atomic E-state index is 11.5. The zero-order valence-corrected chi connectivity index (χ0v) is 15.3. The summed E-state index contributed by atoms with van der Waals surface area (Å²) in [5, 5.41) is 9.35. The molecule has 3 aromatic rings. The molecule has 1 aromatic carbocycles. The largest absolute Gasteiger partial charge is 0.463 e. The molecule has 0 saturated carbocycles. The van der Waals surface area contributed by atoms with Crippen molar-refractivity contribution in [2.45, 2.75) is 24.3 Å². The number of furan rings is 1. The first-order valence-corrected chi connectivity index (χ1v) is 8.68. The molecule has 2 heterocycles. The van der Waals surface area contributed by atoms with E-state index in [0.717, 1.165) is 16.5 Å². The van der Waals surface area contributed by atoms with Gasteiger partial charge in [-0.25, -0.2) is 4.79 Å². The highest BCUT2D eigenvalue weighted by Gasteiger charge is 2.19. The van der Waals surface area contributed by atoms with Crippen LogP contribution in [0.4, 0.5) is 0 Å². The molecule has 6 nitrogen and oxygen atoms in total. The third kappa shape index (κ3) is 3.61. The van der Waals surface area contributed by atoms with E-state index in [0.29, 0.717) is 5.76 Å². The molecular weight excluding hydrogens is 338 g/mol. The number of hydrogen-bond donors (Lipinski definition) is 0. The van der Waals surface area contributed by atoms with Gasteiger partial charge in [0.25, 0.3) is 0 Å². The summed E-state index contributed by atoms with van der Waals surface area (Å²) < 4.78 is 12.2. The Labute approximate surface area is 150 Å². The van der Waals surface area contributed by atoms with E-state index in [1.165, 1.54) is 24.4 Å². The molecule has 3 rings (SSSR count). The Morgan fingerprint density at radius 3 is 2.80 bits per heavy atom. The van der Waals surface area contributed by atoms with Gasteiger partial charge >= 0.3 is 5.97 Å². The molecule has 0 spiro atoms. The maximum Gasteiger partial charge on any atom is 0.373 e. The molecule has 0 N–H and O–H groups in total. The van der Waals surface area contributed by atoms with Gasteiger partial charge in [-0.15, -0.1) is 10.2 Å². The fourth-order valence-corrected chi connectivity index (χ4v) is 3.34. The monoisotopic (exact) mass is 357 g/mol. The topological polar surface area (TPSA) is 70.2 Å². The van der Waals surface area contributed by atoms with Crippen LogP contribution in [-0.4, -0.2) is 27.8 Å². The van der Waals surface area contributed by atoms with Crippen LogP contribution in [0.15, 0.2) is 46.0 Å². The summed E-state index contributed by atoms with van der Waals surface area (Å²) in [5.74, 6) is 1.21. The predicted octanol–water partition coefficient (Wildman–Crippen LogP) is 4.02. The second-order valence-electron chi connectivity index (χ2n) is 5.69. The summed E-state index contributed by atoms with van der Waals surface area (Å²) in [5.41, 5.74) is 2.20. The molecule has 0 radical (unpaired) electrons. The Hall–Kier alpha value is -2.54. The fourth-order valence-electron chi connectivity index (χ4n) is 2.45. The normalized spacial score (nSPS) is 12.2. The lowest BCUT2D eigenvalue weighted by Gasteiger charge is -2.08. The van der Waals surface area contributed by atoms with Crippen molar-refractivity contribution >= 4 is 17.7 Å². The van der Waals surface area contributed by atoms with Crippen LogP contribution in [0.1, 0.15) is 34.1 Å². The third-order valence-corrected chi connectivity index (χ3v) is 4.96. The van der Waals surface area contributed by atoms with Crippen LogP contribution in [0.5, 0.6) is 0 Å². The lowest BCUT2D eigenvalue weighted by molar-refractivity contribution is 0.0563. The van der Waals surface area contributed by atoms with Crippen molar-refractivity contribution in [3.63, 3.8) is 0 Å². The Morgan fingerprint density at radius 2 is 2.08 bits per heavy atom. The molecule has 130 valence electrons. The van der Waals surface area contributed by atoms with E-state index >= 15 is 0 Å². The zero-order chi connectivity index (χ0) is 18.0. The molecule has 0 bridgehead atoms. The Balaban J connectivity index is 1.79. The summed E-state index contributed by atoms with van der Waals surface area (Å²) >= 11 is 1.52. The number of benzene rings is 1. The van der Waals surface area contributed by atoms with Crippen LogP contribution in [0, 0.1) is 6.92 Å². The molecule has 0 aliphatic carbocycles. The van der Waals surface area contributed by atoms with Crippen LogP contribution >= 0.6 is 11.8 Å². The Morgan fingerprint density at radius 1 is 1.28 bits per heavy atom. The number of hydrogen-bond acceptors (Lipinski definition) is 6. The van der Waals surface area contributed by atoms with Crippen LogP contribution < -0.4 is 0 Å². The summed E-state index contributed by atoms with van der Waals surface area (Å²) in [6.07, 6.45) is 0. The highest BCUT2D eigenvalue weighted by Crippen LogP contribution is 2.35. The lowest BCUT2D eigenvalue weighted by Crippen LogP contribution is -1.99. The second-order valence-corrected chi connectivity index (χ2v) is 7.00. The molecule has 2 aromatic heterocycles. The number of aryl methyl sites for hydroxylation is 1. The first-order chi connectivity index (χ1) is 12.0. The summed E-state index contributed by atoms with van der Waals surface area (Å²) in [7, 11) is 3.27. The minimum Gasteiger partial charge on any atom is -0.463 e. The van der Waals surface area contributed by atoms with Crippen LogP contribution in [0.25, 0.3) is 11.4 Å². The van der Waals surface area contributed by atoms with Gasteiger partial charge < -0.3 is 13.7 Å². The number of esters is 1. The van der Waals surface area contributed by atoms with Gasteiger partial charge in [-0.1, -0.05) is 35.5 Å². The van der Waals surface area contributed by atoms with Crippen molar-refractivity contribution in [1.82, 2.24) is 14.8 Å². The van der Waals surface area contributed by atoms with E-state index in [1.54, 1.807) is 12.1 Å². The molecule has 0 fully saturated rings. The summed E-state index contributed by atoms with van der Waals surface area (Å²) in [6.45, 7) is 4.04. The third-order valence-electron chi connectivity index (χ3n) is 3.81. The molecule has 25 heavy (non-hydrogen) atoms. The number of nitrogens with zero attached hydrogens (tertiary/aromatic N) is 3. The van der Waals surface area contributed by atoms with Gasteiger partial charge in [-0.05, 0) is 32.0 Å². The summed E-state index contributed by atoms with van der Waals surface area (Å²) in [4.78, 5) is 11.5. The van der Waals surface area contributed by atoms with E-state index < -0.39 is 5.97 Å². The SMILES string of the molecule is COC(=O)c1ccc(C(C)Sc2nnc(-c3cccc(C)c3)n2C)o1. The minimum atomic E-state index is -0.483. The first kappa shape index (κ1) is 17.3. The van der Waals surface area contributed by atoms with E-state index in [4.69, 9.17) is 4.42 Å². The van der Waals surface area contributed by atoms with Crippen LogP contribution in [0.2, 0.25) is 0 Å².